The van der Waals surface area contributed by atoms with E-state index in [4.69, 9.17) is 0 Å². The highest BCUT2D eigenvalue weighted by atomic mass is 79.9. The molecule has 0 saturated heterocycles. The molecule has 0 bridgehead atoms. The maximum Gasteiger partial charge on any atom is 0.264 e. The normalized spacial score (nSPS) is 11.7. The summed E-state index contributed by atoms with van der Waals surface area (Å²) in [6.45, 7) is 0. The summed E-state index contributed by atoms with van der Waals surface area (Å²) >= 11 is 4.04. The molecule has 2 aromatic carbocycles. The summed E-state index contributed by atoms with van der Waals surface area (Å²) in [6.07, 6.45) is 0. The lowest BCUT2D eigenvalue weighted by Crippen LogP contribution is -2.14. The predicted octanol–water partition coefficient (Wildman–Crippen LogP) is 3.39. The van der Waals surface area contributed by atoms with Crippen molar-refractivity contribution in [2.75, 3.05) is 4.72 Å². The maximum absolute atomic E-state index is 13.8. The minimum atomic E-state index is -3.95. The van der Waals surface area contributed by atoms with Crippen molar-refractivity contribution in [2.24, 2.45) is 0 Å². The van der Waals surface area contributed by atoms with Crippen LogP contribution in [0.2, 0.25) is 0 Å². The molecule has 1 N–H and O–H groups in total. The van der Waals surface area contributed by atoms with E-state index in [-0.39, 0.29) is 16.1 Å². The lowest BCUT2D eigenvalue weighted by atomic mass is 10.3. The largest absolute Gasteiger partial charge is 0.277 e. The van der Waals surface area contributed by atoms with E-state index in [1.54, 1.807) is 18.2 Å². The highest BCUT2D eigenvalue weighted by Crippen LogP contribution is 2.26. The van der Waals surface area contributed by atoms with Gasteiger partial charge in [0.05, 0.1) is 17.4 Å². The number of benzene rings is 2. The fraction of sp³-hybridized carbons (Fsp3) is 0. The van der Waals surface area contributed by atoms with Crippen LogP contribution in [0.4, 0.5) is 10.1 Å². The standard InChI is InChI=1S/C12H7BrFN3O2S2/c13-7-4-5-9(8(14)6-7)17-21(18,19)11-3-1-2-10-12(11)16-20-15-10/h1-6,17H. The molecule has 0 amide bonds. The third-order valence-electron chi connectivity index (χ3n) is 2.71. The van der Waals surface area contributed by atoms with Crippen LogP contribution in [0.25, 0.3) is 11.0 Å². The molecule has 0 aliphatic rings. The topological polar surface area (TPSA) is 72.0 Å². The molecule has 0 fully saturated rings. The minimum absolute atomic E-state index is 0.0314. The van der Waals surface area contributed by atoms with Crippen LogP contribution < -0.4 is 4.72 Å². The van der Waals surface area contributed by atoms with Crippen molar-refractivity contribution < 1.29 is 12.8 Å². The molecule has 21 heavy (non-hydrogen) atoms. The van der Waals surface area contributed by atoms with Gasteiger partial charge in [-0.25, -0.2) is 12.8 Å². The number of fused-ring (bicyclic) bond motifs is 1. The van der Waals surface area contributed by atoms with Crippen LogP contribution in [0.3, 0.4) is 0 Å². The van der Waals surface area contributed by atoms with Gasteiger partial charge in [0.2, 0.25) is 0 Å². The van der Waals surface area contributed by atoms with Gasteiger partial charge in [-0.15, -0.1) is 0 Å². The van der Waals surface area contributed by atoms with E-state index in [1.165, 1.54) is 18.2 Å². The lowest BCUT2D eigenvalue weighted by molar-refractivity contribution is 0.599. The first-order chi connectivity index (χ1) is 9.97. The number of sulfonamides is 1. The highest BCUT2D eigenvalue weighted by Gasteiger charge is 2.21. The van der Waals surface area contributed by atoms with Crippen molar-refractivity contribution in [1.82, 2.24) is 8.75 Å². The smallest absolute Gasteiger partial charge is 0.264 e. The van der Waals surface area contributed by atoms with E-state index < -0.39 is 15.8 Å². The molecule has 0 aliphatic heterocycles. The number of hydrogen-bond donors (Lipinski definition) is 1. The van der Waals surface area contributed by atoms with Gasteiger partial charge < -0.3 is 0 Å². The number of anilines is 1. The SMILES string of the molecule is O=S(=O)(Nc1ccc(Br)cc1F)c1cccc2nsnc12. The summed E-state index contributed by atoms with van der Waals surface area (Å²) in [4.78, 5) is -0.0314. The van der Waals surface area contributed by atoms with Crippen LogP contribution in [-0.4, -0.2) is 17.2 Å². The van der Waals surface area contributed by atoms with Crippen molar-refractivity contribution in [3.05, 3.63) is 46.7 Å². The third-order valence-corrected chi connectivity index (χ3v) is 5.15. The first-order valence-electron chi connectivity index (χ1n) is 5.66. The molecule has 108 valence electrons. The van der Waals surface area contributed by atoms with Gasteiger partial charge >= 0.3 is 0 Å². The lowest BCUT2D eigenvalue weighted by Gasteiger charge is -2.09. The van der Waals surface area contributed by atoms with E-state index in [0.29, 0.717) is 9.99 Å². The Labute approximate surface area is 132 Å². The fourth-order valence-electron chi connectivity index (χ4n) is 1.77. The Morgan fingerprint density at radius 1 is 1.19 bits per heavy atom. The van der Waals surface area contributed by atoms with Gasteiger partial charge in [-0.1, -0.05) is 22.0 Å². The Kier molecular flexibility index (Phi) is 3.64. The van der Waals surface area contributed by atoms with Crippen LogP contribution in [0, 0.1) is 5.82 Å². The van der Waals surface area contributed by atoms with E-state index in [2.05, 4.69) is 29.4 Å². The molecule has 0 aliphatic carbocycles. The van der Waals surface area contributed by atoms with E-state index in [0.717, 1.165) is 11.7 Å². The number of hydrogen-bond acceptors (Lipinski definition) is 5. The Hall–Kier alpha value is -1.58. The van der Waals surface area contributed by atoms with E-state index in [9.17, 15) is 12.8 Å². The first kappa shape index (κ1) is 14.4. The second-order valence-corrected chi connectivity index (χ2v) is 7.21. The van der Waals surface area contributed by atoms with Crippen LogP contribution in [0.5, 0.6) is 0 Å². The van der Waals surface area contributed by atoms with Gasteiger partial charge in [-0.05, 0) is 30.3 Å². The summed E-state index contributed by atoms with van der Waals surface area (Å²) < 4.78 is 49.3. The van der Waals surface area contributed by atoms with Gasteiger partial charge in [-0.2, -0.15) is 8.75 Å². The van der Waals surface area contributed by atoms with Crippen molar-refractivity contribution in [2.45, 2.75) is 4.90 Å². The Balaban J connectivity index is 2.06. The number of nitrogens with one attached hydrogen (secondary N) is 1. The fourth-order valence-corrected chi connectivity index (χ4v) is 3.94. The van der Waals surface area contributed by atoms with Gasteiger partial charge in [-0.3, -0.25) is 4.72 Å². The number of rotatable bonds is 3. The number of aromatic nitrogens is 2. The molecule has 1 aromatic heterocycles. The minimum Gasteiger partial charge on any atom is -0.277 e. The van der Waals surface area contributed by atoms with Gasteiger partial charge in [0.1, 0.15) is 21.7 Å². The zero-order valence-electron chi connectivity index (χ0n) is 10.2. The quantitative estimate of drug-likeness (QED) is 0.747. The Morgan fingerprint density at radius 2 is 2.00 bits per heavy atom. The zero-order valence-corrected chi connectivity index (χ0v) is 13.5. The number of nitrogens with zero attached hydrogens (tertiary/aromatic N) is 2. The molecular weight excluding hydrogens is 381 g/mol. The molecule has 0 unspecified atom stereocenters. The summed E-state index contributed by atoms with van der Waals surface area (Å²) in [5.74, 6) is -0.670. The van der Waals surface area contributed by atoms with Crippen LogP contribution in [0.1, 0.15) is 0 Å². The number of halogens is 2. The van der Waals surface area contributed by atoms with Crippen molar-refractivity contribution in [3.63, 3.8) is 0 Å². The monoisotopic (exact) mass is 387 g/mol. The van der Waals surface area contributed by atoms with E-state index in [1.807, 2.05) is 0 Å². The first-order valence-corrected chi connectivity index (χ1v) is 8.67. The van der Waals surface area contributed by atoms with Gasteiger partial charge in [0.15, 0.2) is 0 Å². The summed E-state index contributed by atoms with van der Waals surface area (Å²) in [7, 11) is -3.95. The molecule has 0 atom stereocenters. The van der Waals surface area contributed by atoms with Gasteiger partial charge in [0, 0.05) is 4.47 Å². The average molecular weight is 388 g/mol. The molecule has 3 aromatic rings. The second-order valence-electron chi connectivity index (χ2n) is 4.12. The Morgan fingerprint density at radius 3 is 2.76 bits per heavy atom. The molecule has 5 nitrogen and oxygen atoms in total. The second kappa shape index (κ2) is 5.32. The molecule has 3 rings (SSSR count). The third kappa shape index (κ3) is 2.76. The molecular formula is C12H7BrFN3O2S2. The van der Waals surface area contributed by atoms with Crippen LogP contribution in [-0.2, 0) is 10.0 Å². The van der Waals surface area contributed by atoms with Crippen molar-refractivity contribution in [1.29, 1.82) is 0 Å². The molecule has 0 spiro atoms. The maximum atomic E-state index is 13.8. The van der Waals surface area contributed by atoms with Crippen LogP contribution >= 0.6 is 27.7 Å². The molecule has 9 heteroatoms. The molecule has 0 saturated carbocycles. The Bertz CT molecular complexity index is 927. The van der Waals surface area contributed by atoms with Crippen LogP contribution in [0.15, 0.2) is 45.8 Å². The van der Waals surface area contributed by atoms with E-state index >= 15 is 0 Å². The predicted molar refractivity (Wildman–Crippen MR) is 82.3 cm³/mol. The summed E-state index contributed by atoms with van der Waals surface area (Å²) in [5.41, 5.74) is 0.630. The van der Waals surface area contributed by atoms with Crippen molar-refractivity contribution in [3.8, 4) is 0 Å². The molecule has 1 heterocycles. The summed E-state index contributed by atoms with van der Waals surface area (Å²) in [6, 6.07) is 8.71. The highest BCUT2D eigenvalue weighted by molar-refractivity contribution is 9.10. The zero-order chi connectivity index (χ0) is 15.0. The molecule has 0 radical (unpaired) electrons. The average Bonchev–Trinajstić information content (AvgIpc) is 2.90. The summed E-state index contributed by atoms with van der Waals surface area (Å²) in [5, 5.41) is 0. The van der Waals surface area contributed by atoms with Crippen molar-refractivity contribution >= 4 is 54.4 Å². The van der Waals surface area contributed by atoms with Gasteiger partial charge in [0.25, 0.3) is 10.0 Å².